The van der Waals surface area contributed by atoms with Gasteiger partial charge in [-0.25, -0.2) is 12.7 Å². The SMILES string of the molecule is COc1ccc(-c2noc(CNC(=O)C3CCN(S(C)(=O)=O)CC3)n2)c(OC)c1. The quantitative estimate of drug-likeness (QED) is 0.699. The fourth-order valence-corrected chi connectivity index (χ4v) is 4.05. The molecular weight excluding hydrogens is 400 g/mol. The molecule has 0 atom stereocenters. The van der Waals surface area contributed by atoms with Crippen molar-refractivity contribution in [2.45, 2.75) is 19.4 Å². The molecule has 2 heterocycles. The van der Waals surface area contributed by atoms with Crippen LogP contribution in [-0.2, 0) is 21.4 Å². The summed E-state index contributed by atoms with van der Waals surface area (Å²) < 4.78 is 40.2. The number of amides is 1. The van der Waals surface area contributed by atoms with Crippen LogP contribution in [-0.4, -0.2) is 62.3 Å². The van der Waals surface area contributed by atoms with E-state index in [1.54, 1.807) is 25.3 Å². The summed E-state index contributed by atoms with van der Waals surface area (Å²) in [5.41, 5.74) is 0.641. The fraction of sp³-hybridized carbons (Fsp3) is 0.500. The molecule has 1 aliphatic rings. The van der Waals surface area contributed by atoms with Crippen LogP contribution in [0, 0.1) is 5.92 Å². The Morgan fingerprint density at radius 1 is 1.28 bits per heavy atom. The lowest BCUT2D eigenvalue weighted by Crippen LogP contribution is -2.42. The van der Waals surface area contributed by atoms with E-state index in [4.69, 9.17) is 14.0 Å². The molecule has 0 spiro atoms. The number of ether oxygens (including phenoxy) is 2. The third-order valence-electron chi connectivity index (χ3n) is 4.83. The molecule has 2 aromatic rings. The fourth-order valence-electron chi connectivity index (χ4n) is 3.18. The Bertz CT molecular complexity index is 966. The third kappa shape index (κ3) is 5.04. The highest BCUT2D eigenvalue weighted by atomic mass is 32.2. The van der Waals surface area contributed by atoms with Gasteiger partial charge in [0, 0.05) is 25.1 Å². The molecule has 29 heavy (non-hydrogen) atoms. The van der Waals surface area contributed by atoms with E-state index < -0.39 is 10.0 Å². The van der Waals surface area contributed by atoms with E-state index >= 15 is 0 Å². The van der Waals surface area contributed by atoms with Crippen molar-refractivity contribution in [3.8, 4) is 22.9 Å². The van der Waals surface area contributed by atoms with Crippen molar-refractivity contribution in [3.63, 3.8) is 0 Å². The molecule has 10 nitrogen and oxygen atoms in total. The predicted octanol–water partition coefficient (Wildman–Crippen LogP) is 1.04. The van der Waals surface area contributed by atoms with E-state index in [-0.39, 0.29) is 24.3 Å². The van der Waals surface area contributed by atoms with Gasteiger partial charge in [-0.3, -0.25) is 4.79 Å². The van der Waals surface area contributed by atoms with Gasteiger partial charge in [-0.2, -0.15) is 4.98 Å². The number of nitrogens with zero attached hydrogens (tertiary/aromatic N) is 3. The molecule has 1 aromatic carbocycles. The van der Waals surface area contributed by atoms with Gasteiger partial charge >= 0.3 is 0 Å². The van der Waals surface area contributed by atoms with Crippen molar-refractivity contribution in [2.24, 2.45) is 5.92 Å². The topological polar surface area (TPSA) is 124 Å². The number of piperidine rings is 1. The number of nitrogens with one attached hydrogen (secondary N) is 1. The minimum Gasteiger partial charge on any atom is -0.497 e. The summed E-state index contributed by atoms with van der Waals surface area (Å²) in [6, 6.07) is 5.25. The lowest BCUT2D eigenvalue weighted by Gasteiger charge is -2.29. The maximum Gasteiger partial charge on any atom is 0.246 e. The Labute approximate surface area is 169 Å². The van der Waals surface area contributed by atoms with Gasteiger partial charge in [0.15, 0.2) is 0 Å². The number of aromatic nitrogens is 2. The normalized spacial score (nSPS) is 15.8. The number of carbonyl (C=O) groups is 1. The zero-order valence-electron chi connectivity index (χ0n) is 16.5. The lowest BCUT2D eigenvalue weighted by atomic mass is 9.97. The zero-order valence-corrected chi connectivity index (χ0v) is 17.4. The van der Waals surface area contributed by atoms with E-state index in [9.17, 15) is 13.2 Å². The smallest absolute Gasteiger partial charge is 0.246 e. The van der Waals surface area contributed by atoms with Gasteiger partial charge in [-0.15, -0.1) is 0 Å². The second-order valence-electron chi connectivity index (χ2n) is 6.73. The van der Waals surface area contributed by atoms with Crippen LogP contribution in [0.3, 0.4) is 0 Å². The van der Waals surface area contributed by atoms with Crippen LogP contribution >= 0.6 is 0 Å². The average molecular weight is 424 g/mol. The molecule has 158 valence electrons. The molecule has 1 N–H and O–H groups in total. The highest BCUT2D eigenvalue weighted by Gasteiger charge is 2.29. The summed E-state index contributed by atoms with van der Waals surface area (Å²) in [6.07, 6.45) is 2.15. The first-order valence-corrected chi connectivity index (χ1v) is 10.9. The van der Waals surface area contributed by atoms with Gasteiger partial charge in [-0.05, 0) is 25.0 Å². The highest BCUT2D eigenvalue weighted by molar-refractivity contribution is 7.88. The van der Waals surface area contributed by atoms with Crippen LogP contribution in [0.4, 0.5) is 0 Å². The molecule has 0 aliphatic carbocycles. The third-order valence-corrected chi connectivity index (χ3v) is 6.13. The molecule has 1 aromatic heterocycles. The van der Waals surface area contributed by atoms with Crippen molar-refractivity contribution >= 4 is 15.9 Å². The van der Waals surface area contributed by atoms with Crippen molar-refractivity contribution < 1.29 is 27.2 Å². The molecule has 0 saturated carbocycles. The molecule has 0 unspecified atom stereocenters. The van der Waals surface area contributed by atoms with Gasteiger partial charge in [-0.1, -0.05) is 5.16 Å². The molecule has 1 saturated heterocycles. The first-order valence-electron chi connectivity index (χ1n) is 9.09. The second kappa shape index (κ2) is 8.78. The molecule has 1 fully saturated rings. The predicted molar refractivity (Wildman–Crippen MR) is 104 cm³/mol. The Hall–Kier alpha value is -2.66. The number of hydrogen-bond acceptors (Lipinski definition) is 8. The van der Waals surface area contributed by atoms with E-state index in [1.165, 1.54) is 17.7 Å². The second-order valence-corrected chi connectivity index (χ2v) is 8.71. The Balaban J connectivity index is 1.58. The van der Waals surface area contributed by atoms with E-state index in [0.29, 0.717) is 48.8 Å². The number of sulfonamides is 1. The first kappa shape index (κ1) is 21.1. The number of methoxy groups -OCH3 is 2. The molecule has 0 radical (unpaired) electrons. The zero-order chi connectivity index (χ0) is 21.0. The maximum absolute atomic E-state index is 12.4. The molecule has 11 heteroatoms. The average Bonchev–Trinajstić information content (AvgIpc) is 3.19. The summed E-state index contributed by atoms with van der Waals surface area (Å²) in [5, 5.41) is 6.73. The van der Waals surface area contributed by atoms with Crippen LogP contribution in [0.2, 0.25) is 0 Å². The summed E-state index contributed by atoms with van der Waals surface area (Å²) in [7, 11) is -0.114. The van der Waals surface area contributed by atoms with Crippen LogP contribution < -0.4 is 14.8 Å². The Morgan fingerprint density at radius 3 is 2.62 bits per heavy atom. The Morgan fingerprint density at radius 2 is 2.00 bits per heavy atom. The molecular formula is C18H24N4O6S. The lowest BCUT2D eigenvalue weighted by molar-refractivity contribution is -0.126. The van der Waals surface area contributed by atoms with E-state index in [1.807, 2.05) is 0 Å². The van der Waals surface area contributed by atoms with E-state index in [0.717, 1.165) is 0 Å². The summed E-state index contributed by atoms with van der Waals surface area (Å²) in [4.78, 5) is 16.7. The van der Waals surface area contributed by atoms with Gasteiger partial charge in [0.25, 0.3) is 0 Å². The number of rotatable bonds is 7. The molecule has 1 aliphatic heterocycles. The number of carbonyl (C=O) groups excluding carboxylic acids is 1. The van der Waals surface area contributed by atoms with Crippen LogP contribution in [0.5, 0.6) is 11.5 Å². The number of hydrogen-bond donors (Lipinski definition) is 1. The maximum atomic E-state index is 12.4. The van der Waals surface area contributed by atoms with Crippen molar-refractivity contribution in [1.82, 2.24) is 19.8 Å². The van der Waals surface area contributed by atoms with Crippen molar-refractivity contribution in [2.75, 3.05) is 33.6 Å². The highest BCUT2D eigenvalue weighted by Crippen LogP contribution is 2.31. The molecule has 3 rings (SSSR count). The minimum absolute atomic E-state index is 0.0938. The van der Waals surface area contributed by atoms with Gasteiger partial charge in [0.2, 0.25) is 27.6 Å². The number of benzene rings is 1. The summed E-state index contributed by atoms with van der Waals surface area (Å²) in [5.74, 6) is 1.40. The summed E-state index contributed by atoms with van der Waals surface area (Å²) in [6.45, 7) is 0.786. The van der Waals surface area contributed by atoms with Crippen LogP contribution in [0.25, 0.3) is 11.4 Å². The van der Waals surface area contributed by atoms with E-state index in [2.05, 4.69) is 15.5 Å². The van der Waals surface area contributed by atoms with Crippen LogP contribution in [0.1, 0.15) is 18.7 Å². The van der Waals surface area contributed by atoms with Crippen molar-refractivity contribution in [3.05, 3.63) is 24.1 Å². The van der Waals surface area contributed by atoms with Crippen LogP contribution in [0.15, 0.2) is 22.7 Å². The molecule has 1 amide bonds. The minimum atomic E-state index is -3.21. The summed E-state index contributed by atoms with van der Waals surface area (Å²) >= 11 is 0. The standard InChI is InChI=1S/C18H24N4O6S/c1-26-13-4-5-14(15(10-13)27-2)17-20-16(28-21-17)11-19-18(23)12-6-8-22(9-7-12)29(3,24)25/h4-5,10,12H,6-9,11H2,1-3H3,(H,19,23). The van der Waals surface area contributed by atoms with Crippen molar-refractivity contribution in [1.29, 1.82) is 0 Å². The van der Waals surface area contributed by atoms with Gasteiger partial charge in [0.05, 0.1) is 32.6 Å². The Kier molecular flexibility index (Phi) is 6.38. The molecule has 0 bridgehead atoms. The first-order chi connectivity index (χ1) is 13.8. The monoisotopic (exact) mass is 424 g/mol. The van der Waals surface area contributed by atoms with Gasteiger partial charge < -0.3 is 19.3 Å². The largest absolute Gasteiger partial charge is 0.497 e. The van der Waals surface area contributed by atoms with Gasteiger partial charge in [0.1, 0.15) is 11.5 Å².